The van der Waals surface area contributed by atoms with Gasteiger partial charge in [-0.05, 0) is 28.5 Å². The molecule has 0 aliphatic heterocycles. The Morgan fingerprint density at radius 2 is 1.33 bits per heavy atom. The van der Waals surface area contributed by atoms with Crippen molar-refractivity contribution < 1.29 is 18.6 Å². The third kappa shape index (κ3) is 3.97. The Labute approximate surface area is 191 Å². The van der Waals surface area contributed by atoms with Crippen LogP contribution in [-0.4, -0.2) is 18.6 Å². The van der Waals surface area contributed by atoms with Crippen molar-refractivity contribution in [3.05, 3.63) is 103 Å². The van der Waals surface area contributed by atoms with Crippen molar-refractivity contribution in [3.63, 3.8) is 0 Å². The summed E-state index contributed by atoms with van der Waals surface area (Å²) in [6.45, 7) is 0. The smallest absolute Gasteiger partial charge is 0.236 e. The van der Waals surface area contributed by atoms with Gasteiger partial charge in [-0.15, -0.1) is 0 Å². The molecule has 0 amide bonds. The Morgan fingerprint density at radius 1 is 0.697 bits per heavy atom. The Kier molecular flexibility index (Phi) is 5.15. The standard InChI is InChI=1S/C27H21NO4S/c29-25-15-14-19-10-4-5-11-20(19)26(25)23-16-24(21-12-6-7-13-22(21)27(23)30)28-33(31,32)17-18-8-2-1-3-9-18/h1-16,28-30H,17H2. The van der Waals surface area contributed by atoms with E-state index >= 15 is 0 Å². The predicted molar refractivity (Wildman–Crippen MR) is 133 cm³/mol. The molecule has 5 rings (SSSR count). The fourth-order valence-electron chi connectivity index (χ4n) is 4.18. The van der Waals surface area contributed by atoms with E-state index in [1.807, 2.05) is 30.3 Å². The van der Waals surface area contributed by atoms with E-state index in [-0.39, 0.29) is 17.3 Å². The number of hydrogen-bond acceptors (Lipinski definition) is 4. The maximum Gasteiger partial charge on any atom is 0.236 e. The Balaban J connectivity index is 1.71. The molecule has 0 spiro atoms. The highest BCUT2D eigenvalue weighted by Crippen LogP contribution is 2.46. The van der Waals surface area contributed by atoms with Gasteiger partial charge >= 0.3 is 0 Å². The molecular weight excluding hydrogens is 434 g/mol. The fraction of sp³-hybridized carbons (Fsp3) is 0.0370. The first-order valence-electron chi connectivity index (χ1n) is 10.4. The first-order valence-corrected chi connectivity index (χ1v) is 12.1. The van der Waals surface area contributed by atoms with Crippen LogP contribution in [0.25, 0.3) is 32.7 Å². The monoisotopic (exact) mass is 455 g/mol. The zero-order valence-corrected chi connectivity index (χ0v) is 18.4. The number of fused-ring (bicyclic) bond motifs is 2. The highest BCUT2D eigenvalue weighted by molar-refractivity contribution is 7.91. The van der Waals surface area contributed by atoms with Gasteiger partial charge in [0.05, 0.1) is 11.4 Å². The van der Waals surface area contributed by atoms with E-state index in [1.165, 1.54) is 0 Å². The highest BCUT2D eigenvalue weighted by atomic mass is 32.2. The summed E-state index contributed by atoms with van der Waals surface area (Å²) in [6.07, 6.45) is 0. The second kappa shape index (κ2) is 8.15. The third-order valence-electron chi connectivity index (χ3n) is 5.66. The number of nitrogens with one attached hydrogen (secondary N) is 1. The van der Waals surface area contributed by atoms with E-state index in [4.69, 9.17) is 0 Å². The van der Waals surface area contributed by atoms with Gasteiger partial charge in [-0.3, -0.25) is 4.72 Å². The van der Waals surface area contributed by atoms with Crippen molar-refractivity contribution in [1.29, 1.82) is 0 Å². The van der Waals surface area contributed by atoms with E-state index in [0.717, 1.165) is 10.8 Å². The van der Waals surface area contributed by atoms with E-state index in [0.29, 0.717) is 33.2 Å². The van der Waals surface area contributed by atoms with E-state index in [2.05, 4.69) is 4.72 Å². The molecule has 0 bridgehead atoms. The second-order valence-corrected chi connectivity index (χ2v) is 9.62. The summed E-state index contributed by atoms with van der Waals surface area (Å²) in [4.78, 5) is 0. The van der Waals surface area contributed by atoms with Gasteiger partial charge in [-0.1, -0.05) is 84.9 Å². The summed E-state index contributed by atoms with van der Waals surface area (Å²) in [5.74, 6) is -0.210. The molecule has 6 heteroatoms. The molecule has 0 fully saturated rings. The Morgan fingerprint density at radius 3 is 2.09 bits per heavy atom. The summed E-state index contributed by atoms with van der Waals surface area (Å²) in [7, 11) is -3.74. The predicted octanol–water partition coefficient (Wildman–Crippen LogP) is 6.01. The van der Waals surface area contributed by atoms with E-state index in [1.54, 1.807) is 66.7 Å². The van der Waals surface area contributed by atoms with Crippen molar-refractivity contribution in [3.8, 4) is 22.6 Å². The molecule has 0 radical (unpaired) electrons. The average Bonchev–Trinajstić information content (AvgIpc) is 2.81. The van der Waals surface area contributed by atoms with Crippen LogP contribution in [0.15, 0.2) is 97.1 Å². The minimum Gasteiger partial charge on any atom is -0.507 e. The van der Waals surface area contributed by atoms with Crippen molar-refractivity contribution in [2.75, 3.05) is 4.72 Å². The van der Waals surface area contributed by atoms with Gasteiger partial charge in [-0.2, -0.15) is 0 Å². The van der Waals surface area contributed by atoms with Crippen molar-refractivity contribution >= 4 is 37.3 Å². The summed E-state index contributed by atoms with van der Waals surface area (Å²) in [6, 6.07) is 28.5. The van der Waals surface area contributed by atoms with Gasteiger partial charge in [0.15, 0.2) is 0 Å². The van der Waals surface area contributed by atoms with Crippen LogP contribution in [0.2, 0.25) is 0 Å². The van der Waals surface area contributed by atoms with Crippen LogP contribution >= 0.6 is 0 Å². The molecule has 5 aromatic rings. The number of phenols is 2. The molecule has 0 saturated carbocycles. The van der Waals surface area contributed by atoms with Crippen LogP contribution in [-0.2, 0) is 15.8 Å². The van der Waals surface area contributed by atoms with Crippen LogP contribution in [0, 0.1) is 0 Å². The number of aromatic hydroxyl groups is 2. The average molecular weight is 456 g/mol. The molecule has 0 aliphatic rings. The van der Waals surface area contributed by atoms with Gasteiger partial charge in [0.25, 0.3) is 0 Å². The van der Waals surface area contributed by atoms with E-state index in [9.17, 15) is 18.6 Å². The topological polar surface area (TPSA) is 86.6 Å². The largest absolute Gasteiger partial charge is 0.507 e. The number of rotatable bonds is 5. The molecule has 0 atom stereocenters. The molecule has 0 heterocycles. The van der Waals surface area contributed by atoms with Crippen molar-refractivity contribution in [2.45, 2.75) is 5.75 Å². The highest BCUT2D eigenvalue weighted by Gasteiger charge is 2.20. The number of sulfonamides is 1. The van der Waals surface area contributed by atoms with Gasteiger partial charge in [0.1, 0.15) is 11.5 Å². The molecule has 5 aromatic carbocycles. The van der Waals surface area contributed by atoms with Crippen LogP contribution < -0.4 is 4.72 Å². The Bertz CT molecular complexity index is 1600. The molecule has 0 unspecified atom stereocenters. The lowest BCUT2D eigenvalue weighted by molar-refractivity contribution is 0.472. The quantitative estimate of drug-likeness (QED) is 0.283. The summed E-state index contributed by atoms with van der Waals surface area (Å²) < 4.78 is 28.7. The minimum absolute atomic E-state index is 0.00243. The van der Waals surface area contributed by atoms with Crippen molar-refractivity contribution in [1.82, 2.24) is 0 Å². The van der Waals surface area contributed by atoms with Crippen LogP contribution in [0.4, 0.5) is 5.69 Å². The lowest BCUT2D eigenvalue weighted by Crippen LogP contribution is -2.15. The zero-order valence-electron chi connectivity index (χ0n) is 17.6. The first-order chi connectivity index (χ1) is 15.9. The van der Waals surface area contributed by atoms with Gasteiger partial charge in [-0.25, -0.2) is 8.42 Å². The number of benzene rings is 5. The van der Waals surface area contributed by atoms with Gasteiger partial charge in [0, 0.05) is 21.9 Å². The number of anilines is 1. The lowest BCUT2D eigenvalue weighted by atomic mass is 9.93. The normalized spacial score (nSPS) is 11.6. The zero-order chi connectivity index (χ0) is 23.0. The molecular formula is C27H21NO4S. The SMILES string of the molecule is O=S(=O)(Cc1ccccc1)Nc1cc(-c2c(O)ccc3ccccc23)c(O)c2ccccc12. The maximum atomic E-state index is 13.0. The van der Waals surface area contributed by atoms with Crippen molar-refractivity contribution in [2.24, 2.45) is 0 Å². The third-order valence-corrected chi connectivity index (χ3v) is 6.90. The second-order valence-electron chi connectivity index (χ2n) is 7.89. The molecule has 0 aromatic heterocycles. The minimum atomic E-state index is -3.74. The summed E-state index contributed by atoms with van der Waals surface area (Å²) in [5.41, 5.74) is 1.79. The van der Waals surface area contributed by atoms with Crippen LogP contribution in [0.1, 0.15) is 5.56 Å². The number of hydrogen-bond donors (Lipinski definition) is 3. The summed E-state index contributed by atoms with van der Waals surface area (Å²) >= 11 is 0. The molecule has 3 N–H and O–H groups in total. The van der Waals surface area contributed by atoms with E-state index < -0.39 is 10.0 Å². The molecule has 0 aliphatic carbocycles. The molecule has 0 saturated heterocycles. The fourth-order valence-corrected chi connectivity index (χ4v) is 5.38. The summed E-state index contributed by atoms with van der Waals surface area (Å²) in [5, 5.41) is 24.6. The molecule has 5 nitrogen and oxygen atoms in total. The molecule has 164 valence electrons. The molecule has 33 heavy (non-hydrogen) atoms. The maximum absolute atomic E-state index is 13.0. The van der Waals surface area contributed by atoms with Crippen LogP contribution in [0.5, 0.6) is 11.5 Å². The lowest BCUT2D eigenvalue weighted by Gasteiger charge is -2.17. The van der Waals surface area contributed by atoms with Gasteiger partial charge in [0.2, 0.25) is 10.0 Å². The van der Waals surface area contributed by atoms with Gasteiger partial charge < -0.3 is 10.2 Å². The number of phenolic OH excluding ortho intramolecular Hbond substituents is 2. The first kappa shape index (κ1) is 20.8. The van der Waals surface area contributed by atoms with Crippen LogP contribution in [0.3, 0.4) is 0 Å². The Hall–Kier alpha value is -4.03.